The van der Waals surface area contributed by atoms with Gasteiger partial charge in [-0.1, -0.05) is 61.7 Å². The van der Waals surface area contributed by atoms with E-state index in [9.17, 15) is 8.42 Å². The monoisotopic (exact) mass is 544 g/mol. The minimum Gasteiger partial charge on any atom is -0.361 e. The number of aryl methyl sites for hydroxylation is 1. The zero-order valence-corrected chi connectivity index (χ0v) is 20.0. The fraction of sp³-hybridized carbons (Fsp3) is 0.0435. The highest BCUT2D eigenvalue weighted by Gasteiger charge is 2.19. The van der Waals surface area contributed by atoms with E-state index in [4.69, 9.17) is 0 Å². The summed E-state index contributed by atoms with van der Waals surface area (Å²) in [6.45, 7) is 1.93. The van der Waals surface area contributed by atoms with Crippen LogP contribution in [0.25, 0.3) is 21.8 Å². The van der Waals surface area contributed by atoms with E-state index in [1.165, 1.54) is 14.9 Å². The number of aromatic nitrogens is 2. The van der Waals surface area contributed by atoms with E-state index < -0.39 is 10.0 Å². The molecule has 0 saturated heterocycles. The third-order valence-corrected chi connectivity index (χ3v) is 7.85. The Hall–Kier alpha value is -2.35. The van der Waals surface area contributed by atoms with Crippen molar-refractivity contribution >= 4 is 63.7 Å². The van der Waals surface area contributed by atoms with Gasteiger partial charge in [-0.05, 0) is 55.5 Å². The molecule has 30 heavy (non-hydrogen) atoms. The first-order chi connectivity index (χ1) is 14.4. The Bertz CT molecular complexity index is 1440. The first-order valence-corrected chi connectivity index (χ1v) is 12.2. The third kappa shape index (κ3) is 3.97. The summed E-state index contributed by atoms with van der Waals surface area (Å²) < 4.78 is 28.7. The standard InChI is InChI=1S/C15H12BrNO2S.C8H6BrN/c1-11-5-7-12(8-6-11)20(18,19)17-10-9-13-14(16)3-2-4-15(13)17;9-7-2-1-3-8-6(7)4-5-10-8/h2-10H,1H3;1-5,10H. The van der Waals surface area contributed by atoms with Crippen molar-refractivity contribution in [1.82, 2.24) is 8.96 Å². The maximum Gasteiger partial charge on any atom is 0.268 e. The molecule has 0 unspecified atom stereocenters. The Morgan fingerprint density at radius 1 is 0.800 bits per heavy atom. The lowest BCUT2D eigenvalue weighted by molar-refractivity contribution is 0.589. The van der Waals surface area contributed by atoms with E-state index in [1.807, 2.05) is 37.4 Å². The molecule has 1 N–H and O–H groups in total. The zero-order chi connectivity index (χ0) is 21.3. The molecule has 0 bridgehead atoms. The highest BCUT2D eigenvalue weighted by atomic mass is 79.9. The predicted molar refractivity (Wildman–Crippen MR) is 129 cm³/mol. The number of nitrogens with zero attached hydrogens (tertiary/aromatic N) is 1. The minimum absolute atomic E-state index is 0.292. The number of H-pyrrole nitrogens is 1. The second-order valence-electron chi connectivity index (χ2n) is 6.78. The topological polar surface area (TPSA) is 54.9 Å². The lowest BCUT2D eigenvalue weighted by Crippen LogP contribution is -2.11. The normalized spacial score (nSPS) is 11.4. The van der Waals surface area contributed by atoms with Gasteiger partial charge in [0, 0.05) is 37.6 Å². The summed E-state index contributed by atoms with van der Waals surface area (Å²) in [5.41, 5.74) is 2.87. The summed E-state index contributed by atoms with van der Waals surface area (Å²) in [6, 6.07) is 22.3. The number of fused-ring (bicyclic) bond motifs is 2. The molecule has 0 spiro atoms. The van der Waals surface area contributed by atoms with Gasteiger partial charge in [0.05, 0.1) is 10.4 Å². The first kappa shape index (κ1) is 20.9. The molecule has 0 aliphatic rings. The van der Waals surface area contributed by atoms with E-state index in [0.717, 1.165) is 19.9 Å². The molecule has 0 amide bonds. The van der Waals surface area contributed by atoms with E-state index in [2.05, 4.69) is 49.0 Å². The fourth-order valence-electron chi connectivity index (χ4n) is 3.19. The first-order valence-electron chi connectivity index (χ1n) is 9.17. The van der Waals surface area contributed by atoms with Crippen LogP contribution in [0.2, 0.25) is 0 Å². The van der Waals surface area contributed by atoms with Crippen molar-refractivity contribution in [3.05, 3.63) is 99.7 Å². The summed E-state index contributed by atoms with van der Waals surface area (Å²) >= 11 is 6.89. The molecule has 2 heterocycles. The molecular weight excluding hydrogens is 528 g/mol. The summed E-state index contributed by atoms with van der Waals surface area (Å²) in [4.78, 5) is 3.42. The number of rotatable bonds is 2. The largest absolute Gasteiger partial charge is 0.361 e. The molecule has 7 heteroatoms. The van der Waals surface area contributed by atoms with Crippen LogP contribution in [0.3, 0.4) is 0 Å². The molecule has 0 radical (unpaired) electrons. The minimum atomic E-state index is -3.56. The Balaban J connectivity index is 0.000000181. The lowest BCUT2D eigenvalue weighted by Gasteiger charge is -2.08. The fourth-order valence-corrected chi connectivity index (χ4v) is 5.52. The molecule has 3 aromatic carbocycles. The summed E-state index contributed by atoms with van der Waals surface area (Å²) in [5, 5.41) is 2.12. The predicted octanol–water partition coefficient (Wildman–Crippen LogP) is 6.88. The quantitative estimate of drug-likeness (QED) is 0.263. The maximum atomic E-state index is 12.7. The number of nitrogens with one attached hydrogen (secondary N) is 1. The van der Waals surface area contributed by atoms with Gasteiger partial charge in [0.1, 0.15) is 0 Å². The Labute approximate surface area is 191 Å². The number of hydrogen-bond acceptors (Lipinski definition) is 2. The molecule has 152 valence electrons. The van der Waals surface area contributed by atoms with Crippen LogP contribution in [0.5, 0.6) is 0 Å². The highest BCUT2D eigenvalue weighted by molar-refractivity contribution is 9.11. The Morgan fingerprint density at radius 3 is 2.17 bits per heavy atom. The second kappa shape index (κ2) is 8.41. The van der Waals surface area contributed by atoms with Crippen molar-refractivity contribution in [3.8, 4) is 0 Å². The van der Waals surface area contributed by atoms with Crippen LogP contribution in [0.15, 0.2) is 99.0 Å². The van der Waals surface area contributed by atoms with Crippen molar-refractivity contribution < 1.29 is 8.42 Å². The van der Waals surface area contributed by atoms with Crippen molar-refractivity contribution in [1.29, 1.82) is 0 Å². The molecule has 0 saturated carbocycles. The van der Waals surface area contributed by atoms with Crippen molar-refractivity contribution in [3.63, 3.8) is 0 Å². The van der Waals surface area contributed by atoms with Gasteiger partial charge in [0.15, 0.2) is 0 Å². The van der Waals surface area contributed by atoms with Gasteiger partial charge in [-0.25, -0.2) is 12.4 Å². The van der Waals surface area contributed by atoms with Gasteiger partial charge in [0.2, 0.25) is 0 Å². The third-order valence-electron chi connectivity index (χ3n) is 4.76. The number of benzene rings is 3. The SMILES string of the molecule is Brc1cccc2[nH]ccc12.Cc1ccc(S(=O)(=O)n2ccc3c(Br)cccc32)cc1. The summed E-state index contributed by atoms with van der Waals surface area (Å²) in [6.07, 6.45) is 3.53. The Kier molecular flexibility index (Phi) is 5.86. The van der Waals surface area contributed by atoms with Crippen LogP contribution >= 0.6 is 31.9 Å². The average molecular weight is 546 g/mol. The molecule has 2 aromatic heterocycles. The molecule has 4 nitrogen and oxygen atoms in total. The van der Waals surface area contributed by atoms with E-state index >= 15 is 0 Å². The van der Waals surface area contributed by atoms with Crippen molar-refractivity contribution in [2.45, 2.75) is 11.8 Å². The van der Waals surface area contributed by atoms with Gasteiger partial charge in [-0.3, -0.25) is 0 Å². The van der Waals surface area contributed by atoms with E-state index in [1.54, 1.807) is 42.6 Å². The highest BCUT2D eigenvalue weighted by Crippen LogP contribution is 2.27. The number of hydrogen-bond donors (Lipinski definition) is 1. The van der Waals surface area contributed by atoms with E-state index in [0.29, 0.717) is 10.4 Å². The van der Waals surface area contributed by atoms with Crippen LogP contribution in [-0.4, -0.2) is 17.4 Å². The van der Waals surface area contributed by atoms with Gasteiger partial charge >= 0.3 is 0 Å². The van der Waals surface area contributed by atoms with Gasteiger partial charge in [0.25, 0.3) is 10.0 Å². The maximum absolute atomic E-state index is 12.7. The van der Waals surface area contributed by atoms with Crippen LogP contribution in [0, 0.1) is 6.92 Å². The lowest BCUT2D eigenvalue weighted by atomic mass is 10.2. The molecule has 0 fully saturated rings. The summed E-state index contributed by atoms with van der Waals surface area (Å²) in [7, 11) is -3.56. The molecule has 0 aliphatic heterocycles. The van der Waals surface area contributed by atoms with Crippen LogP contribution in [-0.2, 0) is 10.0 Å². The molecule has 0 aliphatic carbocycles. The zero-order valence-electron chi connectivity index (χ0n) is 16.0. The van der Waals surface area contributed by atoms with Crippen molar-refractivity contribution in [2.75, 3.05) is 0 Å². The van der Waals surface area contributed by atoms with Gasteiger partial charge < -0.3 is 4.98 Å². The smallest absolute Gasteiger partial charge is 0.268 e. The second-order valence-corrected chi connectivity index (χ2v) is 10.3. The number of aromatic amines is 1. The van der Waals surface area contributed by atoms with Crippen LogP contribution in [0.1, 0.15) is 5.56 Å². The van der Waals surface area contributed by atoms with E-state index in [-0.39, 0.29) is 0 Å². The average Bonchev–Trinajstić information content (AvgIpc) is 3.37. The van der Waals surface area contributed by atoms with Crippen molar-refractivity contribution in [2.24, 2.45) is 0 Å². The molecular formula is C23H18Br2N2O2S. The van der Waals surface area contributed by atoms with Crippen LogP contribution in [0.4, 0.5) is 0 Å². The Morgan fingerprint density at radius 2 is 1.47 bits per heavy atom. The molecule has 0 atom stereocenters. The van der Waals surface area contributed by atoms with Crippen LogP contribution < -0.4 is 0 Å². The van der Waals surface area contributed by atoms with Gasteiger partial charge in [-0.15, -0.1) is 0 Å². The summed E-state index contributed by atoms with van der Waals surface area (Å²) in [5.74, 6) is 0. The molecule has 5 aromatic rings. The molecule has 5 rings (SSSR count). The van der Waals surface area contributed by atoms with Gasteiger partial charge in [-0.2, -0.15) is 0 Å². The number of halogens is 2.